The number of amides is 2. The number of nitrogens with zero attached hydrogens (tertiary/aromatic N) is 2. The molecule has 0 bridgehead atoms. The van der Waals surface area contributed by atoms with Crippen LogP contribution in [0.5, 0.6) is 0 Å². The molecule has 6 nitrogen and oxygen atoms in total. The molecule has 1 saturated heterocycles. The first-order valence-corrected chi connectivity index (χ1v) is 13.2. The number of halogens is 1. The lowest BCUT2D eigenvalue weighted by Crippen LogP contribution is -2.48. The summed E-state index contributed by atoms with van der Waals surface area (Å²) in [5.74, 6) is 0.323. The zero-order valence-corrected chi connectivity index (χ0v) is 20.7. The summed E-state index contributed by atoms with van der Waals surface area (Å²) in [4.78, 5) is 30.2. The van der Waals surface area contributed by atoms with E-state index in [2.05, 4.69) is 44.7 Å². The minimum Gasteiger partial charge on any atom is -0.369 e. The summed E-state index contributed by atoms with van der Waals surface area (Å²) in [6.07, 6.45) is 3.44. The maximum Gasteiger partial charge on any atom is 0.253 e. The van der Waals surface area contributed by atoms with Crippen molar-refractivity contribution >= 4 is 40.9 Å². The highest BCUT2D eigenvalue weighted by Gasteiger charge is 2.22. The van der Waals surface area contributed by atoms with Gasteiger partial charge in [0.25, 0.3) is 5.91 Å². The number of nitrogens with one attached hydrogen (secondary N) is 2. The Morgan fingerprint density at radius 3 is 2.42 bits per heavy atom. The summed E-state index contributed by atoms with van der Waals surface area (Å²) in [7, 11) is 0. The van der Waals surface area contributed by atoms with Gasteiger partial charge in [-0.25, -0.2) is 0 Å². The van der Waals surface area contributed by atoms with Crippen LogP contribution < -0.4 is 15.5 Å². The lowest BCUT2D eigenvalue weighted by atomic mass is 10.1. The Morgan fingerprint density at radius 2 is 1.73 bits per heavy atom. The first-order valence-electron chi connectivity index (χ1n) is 11.4. The SMILES string of the molecule is CSCCC(NC(=O)c1ccccc1Cl)C(=O)NCCCN1CCN(c2ccccc2)CC1. The van der Waals surface area contributed by atoms with Crippen LogP contribution in [0.4, 0.5) is 5.69 Å². The van der Waals surface area contributed by atoms with Crippen molar-refractivity contribution in [2.45, 2.75) is 18.9 Å². The lowest BCUT2D eigenvalue weighted by Gasteiger charge is -2.36. The topological polar surface area (TPSA) is 64.7 Å². The molecule has 0 aliphatic carbocycles. The van der Waals surface area contributed by atoms with Crippen molar-refractivity contribution in [3.05, 3.63) is 65.2 Å². The van der Waals surface area contributed by atoms with Crippen molar-refractivity contribution < 1.29 is 9.59 Å². The van der Waals surface area contributed by atoms with E-state index in [1.807, 2.05) is 12.3 Å². The van der Waals surface area contributed by atoms with Gasteiger partial charge in [-0.15, -0.1) is 0 Å². The zero-order valence-electron chi connectivity index (χ0n) is 19.1. The van der Waals surface area contributed by atoms with Crippen molar-refractivity contribution in [3.8, 4) is 0 Å². The lowest BCUT2D eigenvalue weighted by molar-refractivity contribution is -0.123. The van der Waals surface area contributed by atoms with E-state index in [1.54, 1.807) is 36.0 Å². The molecule has 0 spiro atoms. The van der Waals surface area contributed by atoms with Gasteiger partial charge in [-0.2, -0.15) is 11.8 Å². The van der Waals surface area contributed by atoms with E-state index in [-0.39, 0.29) is 11.8 Å². The second-order valence-electron chi connectivity index (χ2n) is 8.10. The Kier molecular flexibility index (Phi) is 10.4. The molecule has 2 aromatic rings. The molecule has 2 amide bonds. The molecule has 2 N–H and O–H groups in total. The number of hydrogen-bond donors (Lipinski definition) is 2. The van der Waals surface area contributed by atoms with Gasteiger partial charge < -0.3 is 15.5 Å². The van der Waals surface area contributed by atoms with Crippen molar-refractivity contribution in [2.24, 2.45) is 0 Å². The van der Waals surface area contributed by atoms with Crippen LogP contribution in [0, 0.1) is 0 Å². The number of anilines is 1. The largest absolute Gasteiger partial charge is 0.369 e. The smallest absolute Gasteiger partial charge is 0.253 e. The fraction of sp³-hybridized carbons (Fsp3) is 0.440. The van der Waals surface area contributed by atoms with Gasteiger partial charge in [0, 0.05) is 38.4 Å². The fourth-order valence-corrected chi connectivity index (χ4v) is 4.58. The standard InChI is InChI=1S/C25H33ClN4O2S/c1-33-19-12-23(28-24(31)21-10-5-6-11-22(21)26)25(32)27-13-7-14-29-15-17-30(18-16-29)20-8-3-2-4-9-20/h2-6,8-11,23H,7,12-19H2,1H3,(H,27,32)(H,28,31). The Morgan fingerprint density at radius 1 is 1.03 bits per heavy atom. The highest BCUT2D eigenvalue weighted by molar-refractivity contribution is 7.98. The van der Waals surface area contributed by atoms with Crippen molar-refractivity contribution in [3.63, 3.8) is 0 Å². The minimum absolute atomic E-state index is 0.140. The fourth-order valence-electron chi connectivity index (χ4n) is 3.89. The molecule has 0 saturated carbocycles. The van der Waals surface area contributed by atoms with E-state index in [4.69, 9.17) is 11.6 Å². The summed E-state index contributed by atoms with van der Waals surface area (Å²) in [5, 5.41) is 6.24. The predicted molar refractivity (Wildman–Crippen MR) is 138 cm³/mol. The van der Waals surface area contributed by atoms with Gasteiger partial charge >= 0.3 is 0 Å². The van der Waals surface area contributed by atoms with Crippen molar-refractivity contribution in [1.29, 1.82) is 0 Å². The van der Waals surface area contributed by atoms with E-state index in [1.165, 1.54) is 5.69 Å². The zero-order chi connectivity index (χ0) is 23.5. The van der Waals surface area contributed by atoms with Gasteiger partial charge in [0.2, 0.25) is 5.91 Å². The molecule has 2 aromatic carbocycles. The molecule has 1 unspecified atom stereocenters. The van der Waals surface area contributed by atoms with Gasteiger partial charge in [0.1, 0.15) is 6.04 Å². The third-order valence-electron chi connectivity index (χ3n) is 5.79. The molecular weight excluding hydrogens is 456 g/mol. The average Bonchev–Trinajstić information content (AvgIpc) is 2.85. The number of carbonyl (C=O) groups is 2. The van der Waals surface area contributed by atoms with Gasteiger partial charge in [0.05, 0.1) is 10.6 Å². The summed E-state index contributed by atoms with van der Waals surface area (Å²) >= 11 is 7.78. The first kappa shape index (κ1) is 25.4. The third kappa shape index (κ3) is 7.95. The summed E-state index contributed by atoms with van der Waals surface area (Å²) < 4.78 is 0. The molecular formula is C25H33ClN4O2S. The summed E-state index contributed by atoms with van der Waals surface area (Å²) in [5.41, 5.74) is 1.66. The van der Waals surface area contributed by atoms with Crippen LogP contribution in [-0.4, -0.2) is 74.0 Å². The number of thioether (sulfide) groups is 1. The van der Waals surface area contributed by atoms with E-state index in [0.29, 0.717) is 23.6 Å². The second-order valence-corrected chi connectivity index (χ2v) is 9.49. The monoisotopic (exact) mass is 488 g/mol. The van der Waals surface area contributed by atoms with Crippen LogP contribution >= 0.6 is 23.4 Å². The van der Waals surface area contributed by atoms with E-state index >= 15 is 0 Å². The van der Waals surface area contributed by atoms with Crippen molar-refractivity contribution in [2.75, 3.05) is 56.2 Å². The number of para-hydroxylation sites is 1. The van der Waals surface area contributed by atoms with Crippen LogP contribution in [0.1, 0.15) is 23.2 Å². The van der Waals surface area contributed by atoms with Crippen LogP contribution in [0.15, 0.2) is 54.6 Å². The third-order valence-corrected chi connectivity index (χ3v) is 6.77. The molecule has 0 aromatic heterocycles. The van der Waals surface area contributed by atoms with Gasteiger partial charge in [0.15, 0.2) is 0 Å². The van der Waals surface area contributed by atoms with Gasteiger partial charge in [-0.05, 0) is 55.7 Å². The predicted octanol–water partition coefficient (Wildman–Crippen LogP) is 3.52. The molecule has 33 heavy (non-hydrogen) atoms. The highest BCUT2D eigenvalue weighted by atomic mass is 35.5. The quantitative estimate of drug-likeness (QED) is 0.474. The molecule has 1 heterocycles. The first-order chi connectivity index (χ1) is 16.1. The Labute approximate surface area is 206 Å². The van der Waals surface area contributed by atoms with Crippen molar-refractivity contribution in [1.82, 2.24) is 15.5 Å². The Balaban J connectivity index is 1.40. The number of rotatable bonds is 11. The minimum atomic E-state index is -0.573. The maximum absolute atomic E-state index is 12.8. The molecule has 8 heteroatoms. The Bertz CT molecular complexity index is 891. The average molecular weight is 489 g/mol. The number of benzene rings is 2. The van der Waals surface area contributed by atoms with Gasteiger partial charge in [-0.3, -0.25) is 14.5 Å². The number of hydrogen-bond acceptors (Lipinski definition) is 5. The summed E-state index contributed by atoms with van der Waals surface area (Å²) in [6.45, 7) is 5.61. The molecule has 178 valence electrons. The normalized spacial score (nSPS) is 15.2. The molecule has 0 radical (unpaired) electrons. The van der Waals surface area contributed by atoms with Crippen LogP contribution in [-0.2, 0) is 4.79 Å². The van der Waals surface area contributed by atoms with E-state index < -0.39 is 6.04 Å². The van der Waals surface area contributed by atoms with Crippen LogP contribution in [0.25, 0.3) is 0 Å². The summed E-state index contributed by atoms with van der Waals surface area (Å²) in [6, 6.07) is 16.8. The van der Waals surface area contributed by atoms with Gasteiger partial charge in [-0.1, -0.05) is 41.9 Å². The molecule has 3 rings (SSSR count). The van der Waals surface area contributed by atoms with E-state index in [0.717, 1.165) is 44.9 Å². The highest BCUT2D eigenvalue weighted by Crippen LogP contribution is 2.16. The molecule has 1 aliphatic rings. The maximum atomic E-state index is 12.8. The number of piperazine rings is 1. The number of carbonyl (C=O) groups excluding carboxylic acids is 2. The molecule has 1 aliphatic heterocycles. The second kappa shape index (κ2) is 13.5. The van der Waals surface area contributed by atoms with Crippen LogP contribution in [0.2, 0.25) is 5.02 Å². The molecule has 1 atom stereocenters. The Hall–Kier alpha value is -2.22. The van der Waals surface area contributed by atoms with Crippen LogP contribution in [0.3, 0.4) is 0 Å². The van der Waals surface area contributed by atoms with E-state index in [9.17, 15) is 9.59 Å². The molecule has 1 fully saturated rings.